The van der Waals surface area contributed by atoms with E-state index in [1.807, 2.05) is 0 Å². The fourth-order valence-electron chi connectivity index (χ4n) is 3.16. The SMILES string of the molecule is O=C(O)c1cccc(NC2=C/C(=N\S(=O)(=O)c3ccccc3)c3ccccc3C2=O)c1. The van der Waals surface area contributed by atoms with Gasteiger partial charge >= 0.3 is 5.97 Å². The van der Waals surface area contributed by atoms with Crippen LogP contribution in [0.25, 0.3) is 0 Å². The molecule has 3 aromatic carbocycles. The summed E-state index contributed by atoms with van der Waals surface area (Å²) >= 11 is 0. The van der Waals surface area contributed by atoms with Crippen molar-refractivity contribution in [3.05, 3.63) is 107 Å². The molecule has 3 aromatic rings. The molecule has 0 fully saturated rings. The lowest BCUT2D eigenvalue weighted by atomic mass is 9.92. The van der Waals surface area contributed by atoms with E-state index in [9.17, 15) is 23.1 Å². The Kier molecular flexibility index (Phi) is 5.22. The van der Waals surface area contributed by atoms with Crippen LogP contribution in [0.15, 0.2) is 99.9 Å². The van der Waals surface area contributed by atoms with Gasteiger partial charge in [-0.2, -0.15) is 12.8 Å². The Labute approximate surface area is 178 Å². The van der Waals surface area contributed by atoms with Gasteiger partial charge in [0.05, 0.1) is 21.9 Å². The van der Waals surface area contributed by atoms with Crippen molar-refractivity contribution in [2.75, 3.05) is 5.32 Å². The molecule has 0 aliphatic heterocycles. The molecule has 0 spiro atoms. The van der Waals surface area contributed by atoms with Crippen molar-refractivity contribution in [3.8, 4) is 0 Å². The number of anilines is 1. The van der Waals surface area contributed by atoms with Gasteiger partial charge in [-0.1, -0.05) is 48.5 Å². The molecule has 154 valence electrons. The number of carbonyl (C=O) groups excluding carboxylic acids is 1. The summed E-state index contributed by atoms with van der Waals surface area (Å²) in [6.45, 7) is 0. The average molecular weight is 432 g/mol. The molecular formula is C23H16N2O5S. The third kappa shape index (κ3) is 4.15. The van der Waals surface area contributed by atoms with Crippen LogP contribution >= 0.6 is 0 Å². The summed E-state index contributed by atoms with van der Waals surface area (Å²) in [4.78, 5) is 24.2. The van der Waals surface area contributed by atoms with E-state index in [1.165, 1.54) is 30.3 Å². The van der Waals surface area contributed by atoms with Gasteiger partial charge in [0.15, 0.2) is 0 Å². The highest BCUT2D eigenvalue weighted by Gasteiger charge is 2.26. The van der Waals surface area contributed by atoms with Crippen LogP contribution in [0.1, 0.15) is 26.3 Å². The van der Waals surface area contributed by atoms with Crippen molar-refractivity contribution in [1.82, 2.24) is 0 Å². The number of sulfonamides is 1. The number of hydrogen-bond acceptors (Lipinski definition) is 5. The first-order valence-electron chi connectivity index (χ1n) is 9.21. The number of nitrogens with one attached hydrogen (secondary N) is 1. The van der Waals surface area contributed by atoms with Gasteiger partial charge < -0.3 is 10.4 Å². The third-order valence-electron chi connectivity index (χ3n) is 4.62. The summed E-state index contributed by atoms with van der Waals surface area (Å²) in [5.74, 6) is -1.46. The zero-order valence-corrected chi connectivity index (χ0v) is 16.8. The molecule has 7 nitrogen and oxygen atoms in total. The monoisotopic (exact) mass is 432 g/mol. The summed E-state index contributed by atoms with van der Waals surface area (Å²) in [6, 6.07) is 20.3. The molecule has 0 amide bonds. The average Bonchev–Trinajstić information content (AvgIpc) is 2.77. The highest BCUT2D eigenvalue weighted by molar-refractivity contribution is 7.90. The Bertz CT molecular complexity index is 1360. The fourth-order valence-corrected chi connectivity index (χ4v) is 4.17. The lowest BCUT2D eigenvalue weighted by molar-refractivity contribution is 0.0696. The summed E-state index contributed by atoms with van der Waals surface area (Å²) in [6.07, 6.45) is 1.36. The maximum atomic E-state index is 13.0. The Morgan fingerprint density at radius 3 is 2.26 bits per heavy atom. The standard InChI is InChI=1S/C23H16N2O5S/c26-22-19-12-5-4-11-18(19)20(25-31(29,30)17-9-2-1-3-10-17)14-21(22)24-16-8-6-7-15(13-16)23(27)28/h1-14,24H,(H,27,28)/b25-20+. The Morgan fingerprint density at radius 1 is 0.871 bits per heavy atom. The number of aromatic carboxylic acids is 1. The molecule has 31 heavy (non-hydrogen) atoms. The van der Waals surface area contributed by atoms with Gasteiger partial charge in [0.2, 0.25) is 5.78 Å². The Hall–Kier alpha value is -4.04. The van der Waals surface area contributed by atoms with Crippen molar-refractivity contribution in [2.24, 2.45) is 4.40 Å². The van der Waals surface area contributed by atoms with Gasteiger partial charge in [0.1, 0.15) is 0 Å². The number of carboxylic acids is 1. The first-order chi connectivity index (χ1) is 14.8. The van der Waals surface area contributed by atoms with E-state index in [2.05, 4.69) is 9.71 Å². The quantitative estimate of drug-likeness (QED) is 0.635. The van der Waals surface area contributed by atoms with Gasteiger partial charge in [-0.25, -0.2) is 4.79 Å². The smallest absolute Gasteiger partial charge is 0.335 e. The number of carboxylic acid groups (broad SMARTS) is 1. The first-order valence-corrected chi connectivity index (χ1v) is 10.7. The predicted molar refractivity (Wildman–Crippen MR) is 116 cm³/mol. The Morgan fingerprint density at radius 2 is 1.55 bits per heavy atom. The molecular weight excluding hydrogens is 416 g/mol. The minimum Gasteiger partial charge on any atom is -0.478 e. The largest absolute Gasteiger partial charge is 0.478 e. The van der Waals surface area contributed by atoms with Crippen LogP contribution in [-0.4, -0.2) is 31.0 Å². The van der Waals surface area contributed by atoms with Crippen LogP contribution in [-0.2, 0) is 10.0 Å². The number of nitrogens with zero attached hydrogens (tertiary/aromatic N) is 1. The first kappa shape index (κ1) is 20.2. The highest BCUT2D eigenvalue weighted by atomic mass is 32.2. The van der Waals surface area contributed by atoms with Crippen LogP contribution in [0.3, 0.4) is 0 Å². The normalized spacial score (nSPS) is 14.6. The summed E-state index contributed by atoms with van der Waals surface area (Å²) in [5, 5.41) is 12.1. The number of carbonyl (C=O) groups is 2. The molecule has 0 heterocycles. The molecule has 1 aliphatic carbocycles. The summed E-state index contributed by atoms with van der Waals surface area (Å²) in [5.41, 5.74) is 1.32. The molecule has 8 heteroatoms. The van der Waals surface area contributed by atoms with Gasteiger partial charge in [-0.15, -0.1) is 0 Å². The topological polar surface area (TPSA) is 113 Å². The van der Waals surface area contributed by atoms with Gasteiger partial charge in [-0.3, -0.25) is 4.79 Å². The maximum Gasteiger partial charge on any atom is 0.335 e. The van der Waals surface area contributed by atoms with E-state index < -0.39 is 16.0 Å². The van der Waals surface area contributed by atoms with E-state index in [0.29, 0.717) is 16.8 Å². The van der Waals surface area contributed by atoms with E-state index in [4.69, 9.17) is 0 Å². The minimum atomic E-state index is -4.01. The van der Waals surface area contributed by atoms with Gasteiger partial charge in [-0.05, 0) is 36.4 Å². The minimum absolute atomic E-state index is 0.0361. The van der Waals surface area contributed by atoms with E-state index in [1.54, 1.807) is 54.6 Å². The summed E-state index contributed by atoms with van der Waals surface area (Å²) in [7, 11) is -4.01. The fraction of sp³-hybridized carbons (Fsp3) is 0. The molecule has 0 aromatic heterocycles. The molecule has 2 N–H and O–H groups in total. The van der Waals surface area contributed by atoms with Crippen LogP contribution in [0, 0.1) is 0 Å². The van der Waals surface area contributed by atoms with E-state index in [-0.39, 0.29) is 27.7 Å². The van der Waals surface area contributed by atoms with Crippen LogP contribution in [0.2, 0.25) is 0 Å². The van der Waals surface area contributed by atoms with Crippen molar-refractivity contribution in [2.45, 2.75) is 4.90 Å². The van der Waals surface area contributed by atoms with Crippen molar-refractivity contribution < 1.29 is 23.1 Å². The number of benzene rings is 3. The second-order valence-electron chi connectivity index (χ2n) is 6.71. The Balaban J connectivity index is 1.80. The number of hydrogen-bond donors (Lipinski definition) is 2. The lowest BCUT2D eigenvalue weighted by Crippen LogP contribution is -2.22. The zero-order valence-electron chi connectivity index (χ0n) is 16.0. The number of allylic oxidation sites excluding steroid dienone is 2. The second-order valence-corrected chi connectivity index (χ2v) is 8.31. The maximum absolute atomic E-state index is 13.0. The van der Waals surface area contributed by atoms with Crippen LogP contribution < -0.4 is 5.32 Å². The molecule has 4 rings (SSSR count). The molecule has 1 aliphatic rings. The molecule has 0 saturated carbocycles. The molecule has 0 atom stereocenters. The van der Waals surface area contributed by atoms with E-state index in [0.717, 1.165) is 0 Å². The highest BCUT2D eigenvalue weighted by Crippen LogP contribution is 2.25. The predicted octanol–water partition coefficient (Wildman–Crippen LogP) is 3.76. The number of ketones is 1. The number of fused-ring (bicyclic) bond motifs is 1. The third-order valence-corrected chi connectivity index (χ3v) is 5.93. The molecule has 0 unspecified atom stereocenters. The number of Topliss-reactive ketones (excluding diaryl/α,β-unsaturated/α-hetero) is 1. The zero-order chi connectivity index (χ0) is 22.0. The summed E-state index contributed by atoms with van der Waals surface area (Å²) < 4.78 is 29.6. The van der Waals surface area contributed by atoms with Gasteiger partial charge in [0, 0.05) is 16.8 Å². The molecule has 0 saturated heterocycles. The van der Waals surface area contributed by atoms with Crippen molar-refractivity contribution in [3.63, 3.8) is 0 Å². The second kappa shape index (κ2) is 8.00. The molecule has 0 radical (unpaired) electrons. The van der Waals surface area contributed by atoms with Crippen LogP contribution in [0.4, 0.5) is 5.69 Å². The van der Waals surface area contributed by atoms with E-state index >= 15 is 0 Å². The van der Waals surface area contributed by atoms with Gasteiger partial charge in [0.25, 0.3) is 10.0 Å². The lowest BCUT2D eigenvalue weighted by Gasteiger charge is -2.19. The van der Waals surface area contributed by atoms with Crippen molar-refractivity contribution >= 4 is 33.2 Å². The van der Waals surface area contributed by atoms with Crippen LogP contribution in [0.5, 0.6) is 0 Å². The van der Waals surface area contributed by atoms with Crippen molar-refractivity contribution in [1.29, 1.82) is 0 Å². The molecule has 0 bridgehead atoms. The number of rotatable bonds is 5.